The number of ether oxygens (including phenoxy) is 1. The van der Waals surface area contributed by atoms with Gasteiger partial charge >= 0.3 is 0 Å². The minimum atomic E-state index is -0.638. The van der Waals surface area contributed by atoms with Crippen molar-refractivity contribution in [1.29, 1.82) is 0 Å². The highest BCUT2D eigenvalue weighted by Gasteiger charge is 2.19. The summed E-state index contributed by atoms with van der Waals surface area (Å²) in [6.07, 6.45) is 4.32. The van der Waals surface area contributed by atoms with Crippen LogP contribution >= 0.6 is 0 Å². The number of nitrogens with one attached hydrogen (secondary N) is 2. The van der Waals surface area contributed by atoms with Gasteiger partial charge in [0.15, 0.2) is 5.96 Å². The third kappa shape index (κ3) is 5.71. The SMILES string of the molecule is CCNC(=NCC(O)c1cccc(OC)c1)NC1CCCC(C)C1. The second kappa shape index (κ2) is 9.52. The summed E-state index contributed by atoms with van der Waals surface area (Å²) in [4.78, 5) is 4.57. The molecule has 24 heavy (non-hydrogen) atoms. The Bertz CT molecular complexity index is 533. The Kier molecular flexibility index (Phi) is 7.37. The third-order valence-corrected chi connectivity index (χ3v) is 4.52. The van der Waals surface area contributed by atoms with Crippen molar-refractivity contribution in [2.24, 2.45) is 10.9 Å². The lowest BCUT2D eigenvalue weighted by molar-refractivity contribution is 0.186. The number of aliphatic hydroxyl groups excluding tert-OH is 1. The molecule has 3 unspecified atom stereocenters. The smallest absolute Gasteiger partial charge is 0.191 e. The van der Waals surface area contributed by atoms with Crippen LogP contribution < -0.4 is 15.4 Å². The molecule has 1 aromatic carbocycles. The van der Waals surface area contributed by atoms with Gasteiger partial charge in [-0.25, -0.2) is 0 Å². The standard InChI is InChI=1S/C19H31N3O2/c1-4-20-19(22-16-9-5-7-14(2)11-16)21-13-18(23)15-8-6-10-17(12-15)24-3/h6,8,10,12,14,16,18,23H,4-5,7,9,11,13H2,1-3H3,(H2,20,21,22). The maximum absolute atomic E-state index is 10.4. The summed E-state index contributed by atoms with van der Waals surface area (Å²) >= 11 is 0. The fourth-order valence-electron chi connectivity index (χ4n) is 3.21. The molecule has 2 rings (SSSR count). The van der Waals surface area contributed by atoms with Gasteiger partial charge < -0.3 is 20.5 Å². The summed E-state index contributed by atoms with van der Waals surface area (Å²) < 4.78 is 5.21. The van der Waals surface area contributed by atoms with Gasteiger partial charge in [0, 0.05) is 12.6 Å². The lowest BCUT2D eigenvalue weighted by Gasteiger charge is -2.29. The van der Waals surface area contributed by atoms with Gasteiger partial charge in [-0.1, -0.05) is 31.9 Å². The third-order valence-electron chi connectivity index (χ3n) is 4.52. The molecule has 0 amide bonds. The van der Waals surface area contributed by atoms with Gasteiger partial charge in [0.05, 0.1) is 19.8 Å². The van der Waals surface area contributed by atoms with Crippen LogP contribution in [0.1, 0.15) is 51.2 Å². The first-order valence-corrected chi connectivity index (χ1v) is 8.99. The number of hydrogen-bond donors (Lipinski definition) is 3. The summed E-state index contributed by atoms with van der Waals surface area (Å²) in [5.74, 6) is 2.30. The van der Waals surface area contributed by atoms with Gasteiger partial charge in [-0.3, -0.25) is 4.99 Å². The number of rotatable bonds is 6. The Balaban J connectivity index is 1.96. The molecule has 0 radical (unpaired) electrons. The lowest BCUT2D eigenvalue weighted by atomic mass is 9.87. The van der Waals surface area contributed by atoms with Crippen LogP contribution in [0.5, 0.6) is 5.75 Å². The predicted molar refractivity (Wildman–Crippen MR) is 98.5 cm³/mol. The normalized spacial score (nSPS) is 22.8. The summed E-state index contributed by atoms with van der Waals surface area (Å²) in [6.45, 7) is 5.50. The molecule has 3 atom stereocenters. The van der Waals surface area contributed by atoms with Crippen LogP contribution in [-0.2, 0) is 0 Å². The van der Waals surface area contributed by atoms with Crippen molar-refractivity contribution in [3.05, 3.63) is 29.8 Å². The van der Waals surface area contributed by atoms with E-state index in [2.05, 4.69) is 29.5 Å². The number of methoxy groups -OCH3 is 1. The minimum Gasteiger partial charge on any atom is -0.497 e. The summed E-state index contributed by atoms with van der Waals surface area (Å²) in [7, 11) is 1.63. The van der Waals surface area contributed by atoms with E-state index in [1.165, 1.54) is 25.7 Å². The Morgan fingerprint density at radius 1 is 1.42 bits per heavy atom. The highest BCUT2D eigenvalue weighted by Crippen LogP contribution is 2.23. The van der Waals surface area contributed by atoms with Crippen molar-refractivity contribution < 1.29 is 9.84 Å². The first kappa shape index (κ1) is 18.6. The molecular formula is C19H31N3O2. The van der Waals surface area contributed by atoms with Gasteiger partial charge in [-0.15, -0.1) is 0 Å². The molecule has 1 aliphatic carbocycles. The molecule has 1 saturated carbocycles. The van der Waals surface area contributed by atoms with Crippen molar-refractivity contribution in [3.8, 4) is 5.75 Å². The molecule has 1 aliphatic rings. The first-order chi connectivity index (χ1) is 11.6. The van der Waals surface area contributed by atoms with Crippen LogP contribution in [0.4, 0.5) is 0 Å². The predicted octanol–water partition coefficient (Wildman–Crippen LogP) is 2.86. The van der Waals surface area contributed by atoms with E-state index in [0.717, 1.165) is 29.7 Å². The molecule has 5 nitrogen and oxygen atoms in total. The summed E-state index contributed by atoms with van der Waals surface area (Å²) in [5.41, 5.74) is 0.820. The van der Waals surface area contributed by atoms with Crippen molar-refractivity contribution >= 4 is 5.96 Å². The molecule has 5 heteroatoms. The van der Waals surface area contributed by atoms with Crippen LogP contribution in [-0.4, -0.2) is 37.3 Å². The minimum absolute atomic E-state index is 0.324. The summed E-state index contributed by atoms with van der Waals surface area (Å²) in [5, 5.41) is 17.2. The fraction of sp³-hybridized carbons (Fsp3) is 0.632. The van der Waals surface area contributed by atoms with E-state index in [1.54, 1.807) is 7.11 Å². The molecule has 0 heterocycles. The van der Waals surface area contributed by atoms with E-state index in [-0.39, 0.29) is 0 Å². The highest BCUT2D eigenvalue weighted by atomic mass is 16.5. The zero-order valence-electron chi connectivity index (χ0n) is 15.1. The number of benzene rings is 1. The Hall–Kier alpha value is -1.75. The number of hydrogen-bond acceptors (Lipinski definition) is 3. The molecule has 0 aromatic heterocycles. The molecule has 134 valence electrons. The molecule has 3 N–H and O–H groups in total. The zero-order valence-corrected chi connectivity index (χ0v) is 15.1. The van der Waals surface area contributed by atoms with E-state index in [4.69, 9.17) is 4.74 Å². The largest absolute Gasteiger partial charge is 0.497 e. The highest BCUT2D eigenvalue weighted by molar-refractivity contribution is 5.80. The number of aliphatic hydroxyl groups is 1. The molecule has 0 aliphatic heterocycles. The van der Waals surface area contributed by atoms with Crippen LogP contribution in [0.15, 0.2) is 29.3 Å². The van der Waals surface area contributed by atoms with E-state index in [9.17, 15) is 5.11 Å². The van der Waals surface area contributed by atoms with Crippen LogP contribution in [0.2, 0.25) is 0 Å². The molecule has 0 bridgehead atoms. The maximum atomic E-state index is 10.4. The van der Waals surface area contributed by atoms with Gasteiger partial charge in [-0.05, 0) is 43.4 Å². The Morgan fingerprint density at radius 2 is 2.25 bits per heavy atom. The van der Waals surface area contributed by atoms with Gasteiger partial charge in [0.1, 0.15) is 5.75 Å². The maximum Gasteiger partial charge on any atom is 0.191 e. The molecular weight excluding hydrogens is 302 g/mol. The number of guanidine groups is 1. The van der Waals surface area contributed by atoms with E-state index >= 15 is 0 Å². The summed E-state index contributed by atoms with van der Waals surface area (Å²) in [6, 6.07) is 7.97. The lowest BCUT2D eigenvalue weighted by Crippen LogP contribution is -2.45. The first-order valence-electron chi connectivity index (χ1n) is 8.99. The Morgan fingerprint density at radius 3 is 2.96 bits per heavy atom. The quantitative estimate of drug-likeness (QED) is 0.553. The number of aliphatic imine (C=N–C) groups is 1. The van der Waals surface area contributed by atoms with Crippen LogP contribution in [0.3, 0.4) is 0 Å². The van der Waals surface area contributed by atoms with Crippen molar-refractivity contribution in [2.75, 3.05) is 20.2 Å². The molecule has 0 spiro atoms. The van der Waals surface area contributed by atoms with E-state index in [1.807, 2.05) is 24.3 Å². The van der Waals surface area contributed by atoms with E-state index in [0.29, 0.717) is 12.6 Å². The van der Waals surface area contributed by atoms with Crippen molar-refractivity contribution in [2.45, 2.75) is 51.7 Å². The fourth-order valence-corrected chi connectivity index (χ4v) is 3.21. The van der Waals surface area contributed by atoms with Crippen molar-refractivity contribution in [1.82, 2.24) is 10.6 Å². The average Bonchev–Trinajstić information content (AvgIpc) is 2.59. The molecule has 0 saturated heterocycles. The second-order valence-electron chi connectivity index (χ2n) is 6.63. The second-order valence-corrected chi connectivity index (χ2v) is 6.63. The Labute approximate surface area is 145 Å². The van der Waals surface area contributed by atoms with E-state index < -0.39 is 6.10 Å². The molecule has 1 fully saturated rings. The molecule has 1 aromatic rings. The van der Waals surface area contributed by atoms with Gasteiger partial charge in [0.25, 0.3) is 0 Å². The van der Waals surface area contributed by atoms with Crippen LogP contribution in [0, 0.1) is 5.92 Å². The topological polar surface area (TPSA) is 65.9 Å². The average molecular weight is 333 g/mol. The van der Waals surface area contributed by atoms with Gasteiger partial charge in [-0.2, -0.15) is 0 Å². The zero-order chi connectivity index (χ0) is 17.4. The van der Waals surface area contributed by atoms with Gasteiger partial charge in [0.2, 0.25) is 0 Å². The van der Waals surface area contributed by atoms with Crippen molar-refractivity contribution in [3.63, 3.8) is 0 Å². The number of nitrogens with zero attached hydrogens (tertiary/aromatic N) is 1. The van der Waals surface area contributed by atoms with Crippen LogP contribution in [0.25, 0.3) is 0 Å². The monoisotopic (exact) mass is 333 g/mol.